The number of rotatable bonds is 5. The number of halogens is 2. The van der Waals surface area contributed by atoms with Crippen molar-refractivity contribution in [2.45, 2.75) is 44.6 Å². The summed E-state index contributed by atoms with van der Waals surface area (Å²) in [5.41, 5.74) is 0. The Hall–Kier alpha value is -0.220. The maximum atomic E-state index is 12.3. The average Bonchev–Trinajstić information content (AvgIpc) is 2.13. The van der Waals surface area contributed by atoms with E-state index in [9.17, 15) is 8.78 Å². The van der Waals surface area contributed by atoms with E-state index in [1.807, 2.05) is 0 Å². The monoisotopic (exact) mass is 207 g/mol. The Kier molecular flexibility index (Phi) is 4.75. The molecule has 84 valence electrons. The highest BCUT2D eigenvalue weighted by molar-refractivity contribution is 4.71. The van der Waals surface area contributed by atoms with Crippen LogP contribution < -0.4 is 5.32 Å². The van der Waals surface area contributed by atoms with Crippen LogP contribution in [0, 0.1) is 0 Å². The minimum absolute atomic E-state index is 0.432. The molecule has 0 saturated carbocycles. The van der Waals surface area contributed by atoms with Crippen LogP contribution in [-0.2, 0) is 4.74 Å². The lowest BCUT2D eigenvalue weighted by atomic mass is 10.0. The first-order chi connectivity index (χ1) is 6.58. The summed E-state index contributed by atoms with van der Waals surface area (Å²) in [6, 6.07) is 0.467. The molecule has 0 aromatic heterocycles. The van der Waals surface area contributed by atoms with Crippen LogP contribution in [0.5, 0.6) is 0 Å². The molecule has 0 spiro atoms. The Morgan fingerprint density at radius 2 is 2.21 bits per heavy atom. The first kappa shape index (κ1) is 11.9. The maximum Gasteiger partial charge on any atom is 0.268 e. The lowest BCUT2D eigenvalue weighted by molar-refractivity contribution is -0.0639. The molecule has 1 N–H and O–H groups in total. The molecule has 1 saturated heterocycles. The average molecular weight is 207 g/mol. The summed E-state index contributed by atoms with van der Waals surface area (Å²) in [5.74, 6) is -2.69. The van der Waals surface area contributed by atoms with E-state index in [0.29, 0.717) is 12.6 Å². The summed E-state index contributed by atoms with van der Waals surface area (Å²) in [5, 5.41) is 3.35. The van der Waals surface area contributed by atoms with Crippen LogP contribution in [-0.4, -0.2) is 31.7 Å². The van der Waals surface area contributed by atoms with Gasteiger partial charge in [0.15, 0.2) is 0 Å². The molecule has 0 aromatic rings. The summed E-state index contributed by atoms with van der Waals surface area (Å²) in [7, 11) is 0. The number of nitrogens with one attached hydrogen (secondary N) is 1. The van der Waals surface area contributed by atoms with Gasteiger partial charge in [0.25, 0.3) is 5.92 Å². The van der Waals surface area contributed by atoms with Gasteiger partial charge >= 0.3 is 0 Å². The molecule has 1 unspecified atom stereocenters. The van der Waals surface area contributed by atoms with Gasteiger partial charge in [0.2, 0.25) is 0 Å². The molecule has 1 heterocycles. The summed E-state index contributed by atoms with van der Waals surface area (Å²) in [4.78, 5) is 0. The molecular weight excluding hydrogens is 188 g/mol. The van der Waals surface area contributed by atoms with Crippen LogP contribution in [0.3, 0.4) is 0 Å². The molecule has 1 rings (SSSR count). The van der Waals surface area contributed by atoms with Crippen LogP contribution >= 0.6 is 0 Å². The van der Waals surface area contributed by atoms with Crippen molar-refractivity contribution in [1.82, 2.24) is 5.32 Å². The van der Waals surface area contributed by atoms with Gasteiger partial charge in [0.1, 0.15) is 6.61 Å². The van der Waals surface area contributed by atoms with Crippen molar-refractivity contribution in [2.75, 3.05) is 19.8 Å². The van der Waals surface area contributed by atoms with Crippen LogP contribution in [0.15, 0.2) is 0 Å². The van der Waals surface area contributed by atoms with Crippen molar-refractivity contribution in [2.24, 2.45) is 0 Å². The van der Waals surface area contributed by atoms with E-state index >= 15 is 0 Å². The molecular formula is C10H19F2NO. The second-order valence-corrected chi connectivity index (χ2v) is 4.06. The van der Waals surface area contributed by atoms with Crippen LogP contribution in [0.25, 0.3) is 0 Å². The van der Waals surface area contributed by atoms with Crippen molar-refractivity contribution in [3.63, 3.8) is 0 Å². The molecule has 1 atom stereocenters. The summed E-state index contributed by atoms with van der Waals surface area (Å²) < 4.78 is 29.6. The third-order valence-electron chi connectivity index (χ3n) is 2.38. The van der Waals surface area contributed by atoms with Crippen LogP contribution in [0.4, 0.5) is 8.78 Å². The Morgan fingerprint density at radius 3 is 2.79 bits per heavy atom. The summed E-state index contributed by atoms with van der Waals surface area (Å²) >= 11 is 0. The van der Waals surface area contributed by atoms with Gasteiger partial charge in [0, 0.05) is 19.6 Å². The summed E-state index contributed by atoms with van der Waals surface area (Å²) in [6.45, 7) is 1.90. The van der Waals surface area contributed by atoms with Gasteiger partial charge in [0.05, 0.1) is 0 Å². The fourth-order valence-corrected chi connectivity index (χ4v) is 1.65. The number of ether oxygens (including phenoxy) is 1. The second-order valence-electron chi connectivity index (χ2n) is 4.06. The molecule has 2 nitrogen and oxygen atoms in total. The van der Waals surface area contributed by atoms with E-state index in [2.05, 4.69) is 5.32 Å². The van der Waals surface area contributed by atoms with E-state index < -0.39 is 12.5 Å². The Bertz CT molecular complexity index is 153. The Morgan fingerprint density at radius 1 is 1.43 bits per heavy atom. The molecule has 0 radical (unpaired) electrons. The van der Waals surface area contributed by atoms with Crippen molar-refractivity contribution in [3.8, 4) is 0 Å². The molecule has 0 bridgehead atoms. The third kappa shape index (κ3) is 5.50. The maximum absolute atomic E-state index is 12.3. The third-order valence-corrected chi connectivity index (χ3v) is 2.38. The second kappa shape index (κ2) is 5.61. The normalized spacial score (nSPS) is 23.8. The van der Waals surface area contributed by atoms with Gasteiger partial charge in [-0.15, -0.1) is 0 Å². The quantitative estimate of drug-likeness (QED) is 0.698. The van der Waals surface area contributed by atoms with E-state index in [1.165, 1.54) is 12.8 Å². The van der Waals surface area contributed by atoms with E-state index in [-0.39, 0.29) is 0 Å². The zero-order chi connectivity index (χ0) is 10.4. The topological polar surface area (TPSA) is 21.3 Å². The first-order valence-corrected chi connectivity index (χ1v) is 5.27. The molecule has 4 heteroatoms. The van der Waals surface area contributed by atoms with E-state index in [1.54, 1.807) is 0 Å². The highest BCUT2D eigenvalue weighted by atomic mass is 19.3. The summed E-state index contributed by atoms with van der Waals surface area (Å²) in [6.07, 6.45) is 4.45. The van der Waals surface area contributed by atoms with Crippen molar-refractivity contribution in [1.29, 1.82) is 0 Å². The zero-order valence-electron chi connectivity index (χ0n) is 8.69. The predicted molar refractivity (Wildman–Crippen MR) is 51.7 cm³/mol. The molecule has 0 aromatic carbocycles. The minimum Gasteiger partial charge on any atom is -0.375 e. The number of hydrogen-bond donors (Lipinski definition) is 1. The van der Waals surface area contributed by atoms with E-state index in [4.69, 9.17) is 4.74 Å². The van der Waals surface area contributed by atoms with Gasteiger partial charge in [-0.1, -0.05) is 6.42 Å². The number of piperidine rings is 1. The number of hydrogen-bond acceptors (Lipinski definition) is 2. The molecule has 1 aliphatic rings. The SMILES string of the molecule is CC(F)(F)COCCC1CCCCN1. The lowest BCUT2D eigenvalue weighted by Gasteiger charge is -2.23. The molecule has 0 aliphatic carbocycles. The van der Waals surface area contributed by atoms with Crippen LogP contribution in [0.2, 0.25) is 0 Å². The largest absolute Gasteiger partial charge is 0.375 e. The van der Waals surface area contributed by atoms with Crippen molar-refractivity contribution >= 4 is 0 Å². The Labute approximate surface area is 84.0 Å². The van der Waals surface area contributed by atoms with Crippen LogP contribution in [0.1, 0.15) is 32.6 Å². The minimum atomic E-state index is -2.69. The first-order valence-electron chi connectivity index (χ1n) is 5.27. The zero-order valence-corrected chi connectivity index (χ0v) is 8.69. The standard InChI is InChI=1S/C10H19F2NO/c1-10(11,12)8-14-7-5-9-4-2-3-6-13-9/h9,13H,2-8H2,1H3. The lowest BCUT2D eigenvalue weighted by Crippen LogP contribution is -2.35. The van der Waals surface area contributed by atoms with Crippen molar-refractivity contribution in [3.05, 3.63) is 0 Å². The van der Waals surface area contributed by atoms with Crippen molar-refractivity contribution < 1.29 is 13.5 Å². The van der Waals surface area contributed by atoms with Gasteiger partial charge in [-0.2, -0.15) is 0 Å². The molecule has 1 fully saturated rings. The highest BCUT2D eigenvalue weighted by Gasteiger charge is 2.21. The molecule has 0 amide bonds. The Balaban J connectivity index is 1.97. The molecule has 14 heavy (non-hydrogen) atoms. The van der Waals surface area contributed by atoms with Gasteiger partial charge in [-0.25, -0.2) is 8.78 Å². The fourth-order valence-electron chi connectivity index (χ4n) is 1.65. The van der Waals surface area contributed by atoms with Gasteiger partial charge in [-0.3, -0.25) is 0 Å². The fraction of sp³-hybridized carbons (Fsp3) is 1.00. The molecule has 1 aliphatic heterocycles. The van der Waals surface area contributed by atoms with E-state index in [0.717, 1.165) is 26.3 Å². The smallest absolute Gasteiger partial charge is 0.268 e. The highest BCUT2D eigenvalue weighted by Crippen LogP contribution is 2.13. The van der Waals surface area contributed by atoms with Gasteiger partial charge in [-0.05, 0) is 25.8 Å². The van der Waals surface area contributed by atoms with Gasteiger partial charge < -0.3 is 10.1 Å². The number of alkyl halides is 2. The predicted octanol–water partition coefficient (Wildman–Crippen LogP) is 2.19.